The highest BCUT2D eigenvalue weighted by atomic mass is 19.4. The maximum Gasteiger partial charge on any atom is 0.573 e. The van der Waals surface area contributed by atoms with Crippen molar-refractivity contribution >= 4 is 5.97 Å². The number of carbonyl (C=O) groups excluding carboxylic acids is 1. The molecule has 1 aromatic rings. The Hall–Kier alpha value is -2.13. The summed E-state index contributed by atoms with van der Waals surface area (Å²) in [6, 6.07) is 0. The number of rotatable bonds is 5. The molecule has 0 unspecified atom stereocenters. The van der Waals surface area contributed by atoms with E-state index in [-0.39, 0.29) is 6.61 Å². The van der Waals surface area contributed by atoms with Crippen LogP contribution >= 0.6 is 0 Å². The van der Waals surface area contributed by atoms with Crippen molar-refractivity contribution in [1.29, 1.82) is 0 Å². The van der Waals surface area contributed by atoms with Gasteiger partial charge in [-0.2, -0.15) is 0 Å². The SMILES string of the molecule is CCOC(=O)Cc1ncc(O)c(OC(F)(F)F)c1C(F)F. The van der Waals surface area contributed by atoms with Crippen LogP contribution in [-0.2, 0) is 16.0 Å². The number of hydrogen-bond donors (Lipinski definition) is 1. The second kappa shape index (κ2) is 6.55. The van der Waals surface area contributed by atoms with E-state index in [1.807, 2.05) is 0 Å². The molecule has 1 heterocycles. The Kier molecular flexibility index (Phi) is 5.28. The van der Waals surface area contributed by atoms with Crippen LogP contribution in [0.1, 0.15) is 24.6 Å². The molecule has 1 aromatic heterocycles. The Labute approximate surface area is 115 Å². The van der Waals surface area contributed by atoms with Crippen molar-refractivity contribution in [3.05, 3.63) is 17.5 Å². The predicted octanol–water partition coefficient (Wildman–Crippen LogP) is 2.73. The normalized spacial score (nSPS) is 11.6. The van der Waals surface area contributed by atoms with E-state index in [1.54, 1.807) is 0 Å². The van der Waals surface area contributed by atoms with Crippen LogP contribution in [0.4, 0.5) is 22.0 Å². The highest BCUT2D eigenvalue weighted by Crippen LogP contribution is 2.40. The summed E-state index contributed by atoms with van der Waals surface area (Å²) < 4.78 is 70.3. The third-order valence-corrected chi connectivity index (χ3v) is 2.18. The molecule has 0 atom stereocenters. The summed E-state index contributed by atoms with van der Waals surface area (Å²) >= 11 is 0. The monoisotopic (exact) mass is 315 g/mol. The molecule has 5 nitrogen and oxygen atoms in total. The largest absolute Gasteiger partial charge is 0.573 e. The number of hydrogen-bond acceptors (Lipinski definition) is 5. The van der Waals surface area contributed by atoms with Gasteiger partial charge in [0.05, 0.1) is 30.5 Å². The zero-order valence-corrected chi connectivity index (χ0v) is 10.6. The average molecular weight is 315 g/mol. The maximum absolute atomic E-state index is 12.9. The average Bonchev–Trinajstić information content (AvgIpc) is 2.31. The minimum absolute atomic E-state index is 0.0349. The Morgan fingerprint density at radius 1 is 1.43 bits per heavy atom. The number of pyridine rings is 1. The predicted molar refractivity (Wildman–Crippen MR) is 57.9 cm³/mol. The maximum atomic E-state index is 12.9. The van der Waals surface area contributed by atoms with Gasteiger partial charge >= 0.3 is 12.3 Å². The van der Waals surface area contributed by atoms with Crippen molar-refractivity contribution in [3.63, 3.8) is 0 Å². The summed E-state index contributed by atoms with van der Waals surface area (Å²) in [5.74, 6) is -3.64. The minimum Gasteiger partial charge on any atom is -0.503 e. The first-order valence-corrected chi connectivity index (χ1v) is 5.56. The van der Waals surface area contributed by atoms with Gasteiger partial charge in [0.2, 0.25) is 0 Å². The minimum atomic E-state index is -5.29. The lowest BCUT2D eigenvalue weighted by Crippen LogP contribution is -2.20. The number of carbonyl (C=O) groups is 1. The zero-order valence-electron chi connectivity index (χ0n) is 10.6. The number of alkyl halides is 5. The van der Waals surface area contributed by atoms with Crippen molar-refractivity contribution < 1.29 is 41.3 Å². The summed E-state index contributed by atoms with van der Waals surface area (Å²) in [5, 5.41) is 9.23. The first-order chi connectivity index (χ1) is 9.65. The molecule has 0 saturated carbocycles. The lowest BCUT2D eigenvalue weighted by atomic mass is 10.1. The standard InChI is InChI=1S/C11H10F5NO4/c1-2-20-7(19)3-5-8(10(12)13)9(6(18)4-17-5)21-11(14,15)16/h4,10,18H,2-3H2,1H3. The fourth-order valence-electron chi connectivity index (χ4n) is 1.47. The fraction of sp³-hybridized carbons (Fsp3) is 0.455. The lowest BCUT2D eigenvalue weighted by Gasteiger charge is -2.16. The third-order valence-electron chi connectivity index (χ3n) is 2.18. The third kappa shape index (κ3) is 4.72. The summed E-state index contributed by atoms with van der Waals surface area (Å²) in [6.07, 6.45) is -9.01. The van der Waals surface area contributed by atoms with Crippen molar-refractivity contribution in [1.82, 2.24) is 4.98 Å². The van der Waals surface area contributed by atoms with E-state index in [0.717, 1.165) is 0 Å². The fourth-order valence-corrected chi connectivity index (χ4v) is 1.47. The van der Waals surface area contributed by atoms with Crippen LogP contribution in [0.3, 0.4) is 0 Å². The van der Waals surface area contributed by atoms with Crippen molar-refractivity contribution in [2.75, 3.05) is 6.61 Å². The summed E-state index contributed by atoms with van der Waals surface area (Å²) in [5.41, 5.74) is -1.97. The van der Waals surface area contributed by atoms with Gasteiger partial charge in [-0.15, -0.1) is 13.2 Å². The second-order valence-electron chi connectivity index (χ2n) is 3.66. The Balaban J connectivity index is 3.26. The topological polar surface area (TPSA) is 68.7 Å². The quantitative estimate of drug-likeness (QED) is 0.668. The summed E-state index contributed by atoms with van der Waals surface area (Å²) in [4.78, 5) is 14.6. The highest BCUT2D eigenvalue weighted by molar-refractivity contribution is 5.73. The zero-order chi connectivity index (χ0) is 16.2. The van der Waals surface area contributed by atoms with Crippen molar-refractivity contribution in [2.24, 2.45) is 0 Å². The number of esters is 1. The number of ether oxygens (including phenoxy) is 2. The van der Waals surface area contributed by atoms with Crippen molar-refractivity contribution in [3.8, 4) is 11.5 Å². The Morgan fingerprint density at radius 2 is 2.05 bits per heavy atom. The van der Waals surface area contributed by atoms with Gasteiger partial charge in [-0.3, -0.25) is 9.78 Å². The molecular weight excluding hydrogens is 305 g/mol. The molecule has 118 valence electrons. The molecule has 0 aromatic carbocycles. The molecule has 0 amide bonds. The molecule has 0 saturated heterocycles. The molecule has 1 rings (SSSR count). The molecule has 0 spiro atoms. The molecule has 0 aliphatic rings. The van der Waals surface area contributed by atoms with Gasteiger partial charge in [-0.05, 0) is 6.92 Å². The molecule has 0 radical (unpaired) electrons. The van der Waals surface area contributed by atoms with E-state index < -0.39 is 47.9 Å². The van der Waals surface area contributed by atoms with Crippen molar-refractivity contribution in [2.45, 2.75) is 26.1 Å². The molecule has 21 heavy (non-hydrogen) atoms. The molecule has 1 N–H and O–H groups in total. The first-order valence-electron chi connectivity index (χ1n) is 5.56. The van der Waals surface area contributed by atoms with E-state index >= 15 is 0 Å². The number of aromatic nitrogens is 1. The smallest absolute Gasteiger partial charge is 0.503 e. The molecule has 0 bridgehead atoms. The van der Waals surface area contributed by atoms with E-state index in [9.17, 15) is 31.9 Å². The molecule has 0 aliphatic heterocycles. The Bertz CT molecular complexity index is 518. The van der Waals surface area contributed by atoms with Gasteiger partial charge in [0.15, 0.2) is 11.5 Å². The first kappa shape index (κ1) is 16.9. The van der Waals surface area contributed by atoms with Crippen LogP contribution in [0.15, 0.2) is 6.20 Å². The van der Waals surface area contributed by atoms with Crippen LogP contribution in [0.25, 0.3) is 0 Å². The van der Waals surface area contributed by atoms with Crippen LogP contribution in [0.2, 0.25) is 0 Å². The van der Waals surface area contributed by atoms with E-state index in [2.05, 4.69) is 14.5 Å². The number of aromatic hydroxyl groups is 1. The van der Waals surface area contributed by atoms with Gasteiger partial charge in [0, 0.05) is 0 Å². The van der Waals surface area contributed by atoms with Crippen LogP contribution in [0, 0.1) is 0 Å². The van der Waals surface area contributed by atoms with Gasteiger partial charge in [0.1, 0.15) is 0 Å². The van der Waals surface area contributed by atoms with E-state index in [4.69, 9.17) is 0 Å². The van der Waals surface area contributed by atoms with Gasteiger partial charge in [-0.1, -0.05) is 0 Å². The van der Waals surface area contributed by atoms with Crippen LogP contribution in [0.5, 0.6) is 11.5 Å². The lowest BCUT2D eigenvalue weighted by molar-refractivity contribution is -0.275. The van der Waals surface area contributed by atoms with Gasteiger partial charge in [0.25, 0.3) is 6.43 Å². The van der Waals surface area contributed by atoms with Gasteiger partial charge in [-0.25, -0.2) is 8.78 Å². The molecule has 10 heteroatoms. The number of halogens is 5. The molecule has 0 fully saturated rings. The van der Waals surface area contributed by atoms with Crippen LogP contribution in [-0.4, -0.2) is 29.0 Å². The molecular formula is C11H10F5NO4. The van der Waals surface area contributed by atoms with E-state index in [0.29, 0.717) is 6.20 Å². The number of nitrogens with zero attached hydrogens (tertiary/aromatic N) is 1. The van der Waals surface area contributed by atoms with Gasteiger partial charge < -0.3 is 14.6 Å². The van der Waals surface area contributed by atoms with E-state index in [1.165, 1.54) is 6.92 Å². The Morgan fingerprint density at radius 3 is 2.52 bits per heavy atom. The second-order valence-corrected chi connectivity index (χ2v) is 3.66. The van der Waals surface area contributed by atoms with Crippen LogP contribution < -0.4 is 4.74 Å². The summed E-state index contributed by atoms with van der Waals surface area (Å²) in [7, 11) is 0. The summed E-state index contributed by atoms with van der Waals surface area (Å²) in [6.45, 7) is 1.43. The highest BCUT2D eigenvalue weighted by Gasteiger charge is 2.36. The molecule has 0 aliphatic carbocycles.